The van der Waals surface area contributed by atoms with Crippen LogP contribution in [0.15, 0.2) is 48.5 Å². The van der Waals surface area contributed by atoms with Gasteiger partial charge in [0.15, 0.2) is 0 Å². The highest BCUT2D eigenvalue weighted by Gasteiger charge is 2.36. The summed E-state index contributed by atoms with van der Waals surface area (Å²) in [6.45, 7) is 10.4. The monoisotopic (exact) mass is 521 g/mol. The van der Waals surface area contributed by atoms with E-state index in [4.69, 9.17) is 11.2 Å². The molecule has 0 fully saturated rings. The van der Waals surface area contributed by atoms with E-state index in [0.29, 0.717) is 23.2 Å². The normalized spacial score (nSPS) is 12.7. The summed E-state index contributed by atoms with van der Waals surface area (Å²) in [5, 5.41) is 15.5. The van der Waals surface area contributed by atoms with E-state index >= 15 is 0 Å². The van der Waals surface area contributed by atoms with Gasteiger partial charge < -0.3 is 25.4 Å². The zero-order chi connectivity index (χ0) is 28.5. The number of aliphatic hydroxyl groups is 1. The predicted molar refractivity (Wildman–Crippen MR) is 148 cm³/mol. The number of alkyl carbamates (subject to hydrolysis) is 1. The van der Waals surface area contributed by atoms with E-state index in [1.165, 1.54) is 4.90 Å². The fourth-order valence-corrected chi connectivity index (χ4v) is 3.97. The molecule has 0 bridgehead atoms. The maximum Gasteiger partial charge on any atom is 0.408 e. The number of ether oxygens (including phenoxy) is 1. The first kappa shape index (κ1) is 30.4. The summed E-state index contributed by atoms with van der Waals surface area (Å²) >= 11 is 0. The van der Waals surface area contributed by atoms with Gasteiger partial charge >= 0.3 is 6.09 Å². The van der Waals surface area contributed by atoms with Crippen LogP contribution in [0.25, 0.3) is 0 Å². The molecule has 0 aliphatic rings. The van der Waals surface area contributed by atoms with Crippen molar-refractivity contribution in [1.82, 2.24) is 10.2 Å². The number of nitrogens with one attached hydrogen (secondary N) is 2. The van der Waals surface area contributed by atoms with E-state index in [1.54, 1.807) is 57.2 Å². The second-order valence-electron chi connectivity index (χ2n) is 10.6. The Hall–Kier alpha value is -3.83. The van der Waals surface area contributed by atoms with Crippen molar-refractivity contribution in [3.8, 4) is 12.3 Å². The van der Waals surface area contributed by atoms with Crippen molar-refractivity contribution in [2.45, 2.75) is 65.6 Å². The number of terminal acetylenes is 1. The lowest BCUT2D eigenvalue weighted by molar-refractivity contribution is -0.141. The van der Waals surface area contributed by atoms with Crippen molar-refractivity contribution in [1.29, 1.82) is 0 Å². The van der Waals surface area contributed by atoms with Gasteiger partial charge in [-0.25, -0.2) is 4.79 Å². The van der Waals surface area contributed by atoms with Crippen molar-refractivity contribution in [2.24, 2.45) is 5.92 Å². The lowest BCUT2D eigenvalue weighted by atomic mass is 9.98. The zero-order valence-corrected chi connectivity index (χ0v) is 23.1. The second kappa shape index (κ2) is 13.6. The van der Waals surface area contributed by atoms with E-state index in [-0.39, 0.29) is 19.1 Å². The molecular weight excluding hydrogens is 482 g/mol. The molecule has 3 amide bonds. The van der Waals surface area contributed by atoms with Gasteiger partial charge in [0, 0.05) is 17.8 Å². The number of aryl methyl sites for hydroxylation is 1. The molecule has 2 atom stereocenters. The summed E-state index contributed by atoms with van der Waals surface area (Å²) in [6, 6.07) is 12.0. The summed E-state index contributed by atoms with van der Waals surface area (Å²) in [5.74, 6) is 1.62. The van der Waals surface area contributed by atoms with Gasteiger partial charge in [0.25, 0.3) is 5.91 Å². The van der Waals surface area contributed by atoms with Crippen molar-refractivity contribution in [3.05, 3.63) is 65.2 Å². The van der Waals surface area contributed by atoms with Gasteiger partial charge in [-0.2, -0.15) is 0 Å². The Labute approximate surface area is 225 Å². The summed E-state index contributed by atoms with van der Waals surface area (Å²) in [5.41, 5.74) is 1.83. The van der Waals surface area contributed by atoms with Crippen LogP contribution in [0.4, 0.5) is 10.5 Å². The molecule has 0 aliphatic heterocycles. The fraction of sp³-hybridized carbons (Fsp3) is 0.433. The lowest BCUT2D eigenvalue weighted by Crippen LogP contribution is -2.53. The number of anilines is 1. The van der Waals surface area contributed by atoms with Crippen molar-refractivity contribution < 1.29 is 24.2 Å². The van der Waals surface area contributed by atoms with Crippen LogP contribution in [0.5, 0.6) is 0 Å². The SMILES string of the molecule is C#Cc1ccc(C(C(=O)Nc2ccccc2C)N(CCO)C(=O)C(CC(C)C)NC(=O)OC(C)(C)C)cc1. The molecule has 0 saturated heterocycles. The van der Waals surface area contributed by atoms with Gasteiger partial charge in [0.1, 0.15) is 17.7 Å². The number of hydrogen-bond donors (Lipinski definition) is 3. The quantitative estimate of drug-likeness (QED) is 0.401. The number of amides is 3. The molecule has 2 aromatic rings. The number of benzene rings is 2. The minimum absolute atomic E-state index is 0.0454. The van der Waals surface area contributed by atoms with Crippen LogP contribution in [-0.4, -0.2) is 52.7 Å². The summed E-state index contributed by atoms with van der Waals surface area (Å²) in [6.07, 6.45) is 5.08. The Morgan fingerprint density at radius 3 is 2.24 bits per heavy atom. The molecule has 8 heteroatoms. The highest BCUT2D eigenvalue weighted by Crippen LogP contribution is 2.26. The minimum atomic E-state index is -1.10. The number of aliphatic hydroxyl groups excluding tert-OH is 1. The molecule has 2 unspecified atom stereocenters. The van der Waals surface area contributed by atoms with Crippen molar-refractivity contribution in [3.63, 3.8) is 0 Å². The van der Waals surface area contributed by atoms with Gasteiger partial charge in [0.05, 0.1) is 6.61 Å². The first-order chi connectivity index (χ1) is 17.9. The number of carbonyl (C=O) groups excluding carboxylic acids is 3. The molecule has 38 heavy (non-hydrogen) atoms. The molecule has 0 spiro atoms. The predicted octanol–water partition coefficient (Wildman–Crippen LogP) is 4.42. The third kappa shape index (κ3) is 8.93. The Bertz CT molecular complexity index is 1150. The highest BCUT2D eigenvalue weighted by atomic mass is 16.6. The molecule has 0 aromatic heterocycles. The maximum absolute atomic E-state index is 14.0. The molecule has 0 radical (unpaired) electrons. The van der Waals surface area contributed by atoms with E-state index in [1.807, 2.05) is 32.9 Å². The third-order valence-electron chi connectivity index (χ3n) is 5.68. The number of carbonyl (C=O) groups is 3. The summed E-state index contributed by atoms with van der Waals surface area (Å²) < 4.78 is 5.38. The van der Waals surface area contributed by atoms with Crippen LogP contribution < -0.4 is 10.6 Å². The van der Waals surface area contributed by atoms with E-state index in [0.717, 1.165) is 5.56 Å². The Balaban J connectivity index is 2.52. The highest BCUT2D eigenvalue weighted by molar-refractivity contribution is 5.99. The molecule has 0 aliphatic carbocycles. The number of rotatable bonds is 10. The van der Waals surface area contributed by atoms with E-state index < -0.39 is 35.6 Å². The van der Waals surface area contributed by atoms with Crippen LogP contribution in [0.2, 0.25) is 0 Å². The van der Waals surface area contributed by atoms with Crippen LogP contribution in [0.1, 0.15) is 63.8 Å². The largest absolute Gasteiger partial charge is 0.444 e. The minimum Gasteiger partial charge on any atom is -0.444 e. The van der Waals surface area contributed by atoms with Crippen molar-refractivity contribution in [2.75, 3.05) is 18.5 Å². The van der Waals surface area contributed by atoms with E-state index in [9.17, 15) is 19.5 Å². The second-order valence-corrected chi connectivity index (χ2v) is 10.6. The van der Waals surface area contributed by atoms with Crippen LogP contribution >= 0.6 is 0 Å². The summed E-state index contributed by atoms with van der Waals surface area (Å²) in [4.78, 5) is 41.6. The zero-order valence-electron chi connectivity index (χ0n) is 23.1. The molecule has 0 heterocycles. The first-order valence-corrected chi connectivity index (χ1v) is 12.7. The Kier molecular flexibility index (Phi) is 10.9. The van der Waals surface area contributed by atoms with Gasteiger partial charge in [-0.15, -0.1) is 6.42 Å². The molecule has 0 saturated carbocycles. The number of nitrogens with zero attached hydrogens (tertiary/aromatic N) is 1. The van der Waals surface area contributed by atoms with Gasteiger partial charge in [0.2, 0.25) is 5.91 Å². The molecule has 204 valence electrons. The van der Waals surface area contributed by atoms with Gasteiger partial charge in [-0.3, -0.25) is 9.59 Å². The van der Waals surface area contributed by atoms with Gasteiger partial charge in [-0.05, 0) is 69.4 Å². The molecule has 8 nitrogen and oxygen atoms in total. The lowest BCUT2D eigenvalue weighted by Gasteiger charge is -2.34. The average molecular weight is 522 g/mol. The van der Waals surface area contributed by atoms with Crippen LogP contribution in [-0.2, 0) is 14.3 Å². The average Bonchev–Trinajstić information content (AvgIpc) is 2.83. The molecule has 2 rings (SSSR count). The van der Waals surface area contributed by atoms with Gasteiger partial charge in [-0.1, -0.05) is 50.1 Å². The first-order valence-electron chi connectivity index (χ1n) is 12.7. The topological polar surface area (TPSA) is 108 Å². The number of para-hydroxylation sites is 1. The Morgan fingerprint density at radius 2 is 1.71 bits per heavy atom. The fourth-order valence-electron chi connectivity index (χ4n) is 3.97. The third-order valence-corrected chi connectivity index (χ3v) is 5.68. The van der Waals surface area contributed by atoms with Crippen LogP contribution in [0, 0.1) is 25.2 Å². The van der Waals surface area contributed by atoms with E-state index in [2.05, 4.69) is 16.6 Å². The van der Waals surface area contributed by atoms with Crippen LogP contribution in [0.3, 0.4) is 0 Å². The smallest absolute Gasteiger partial charge is 0.408 e. The molecular formula is C30H39N3O5. The number of hydrogen-bond acceptors (Lipinski definition) is 5. The standard InChI is InChI=1S/C30H39N3O5/c1-8-22-13-15-23(16-14-22)26(27(35)31-24-12-10-9-11-21(24)4)33(17-18-34)28(36)25(19-20(2)3)32-29(37)38-30(5,6)7/h1,9-16,20,25-26,34H,17-19H2,2-7H3,(H,31,35)(H,32,37). The summed E-state index contributed by atoms with van der Waals surface area (Å²) in [7, 11) is 0. The molecule has 3 N–H and O–H groups in total. The maximum atomic E-state index is 14.0. The molecule has 2 aromatic carbocycles. The van der Waals surface area contributed by atoms with Crippen molar-refractivity contribution >= 4 is 23.6 Å². The Morgan fingerprint density at radius 1 is 1.08 bits per heavy atom.